The fourth-order valence-electron chi connectivity index (χ4n) is 2.02. The molecule has 0 spiro atoms. The lowest BCUT2D eigenvalue weighted by Crippen LogP contribution is -2.29. The van der Waals surface area contributed by atoms with E-state index >= 15 is 0 Å². The average molecular weight is 262 g/mol. The first-order valence-electron chi connectivity index (χ1n) is 6.09. The number of aromatic nitrogens is 2. The Morgan fingerprint density at radius 2 is 2.16 bits per heavy atom. The molecule has 5 heteroatoms. The van der Waals surface area contributed by atoms with E-state index in [9.17, 15) is 4.79 Å². The van der Waals surface area contributed by atoms with Gasteiger partial charge in [-0.2, -0.15) is 0 Å². The minimum absolute atomic E-state index is 0.267. The Hall–Kier alpha value is -1.88. The largest absolute Gasteiger partial charge is 0.478 e. The summed E-state index contributed by atoms with van der Waals surface area (Å²) < 4.78 is 7.42. The quantitative estimate of drug-likeness (QED) is 0.919. The fraction of sp³-hybridized carbons (Fsp3) is 0.429. The number of aryl methyl sites for hydroxylation is 1. The third kappa shape index (κ3) is 2.61. The summed E-state index contributed by atoms with van der Waals surface area (Å²) in [5.74, 6) is -0.0824. The SMILES string of the molecule is COC(C)(C)Cn1c(C)nc2ccc(C(=O)O)cc21. The highest BCUT2D eigenvalue weighted by Gasteiger charge is 2.20. The van der Waals surface area contributed by atoms with Crippen LogP contribution in [0.25, 0.3) is 11.0 Å². The molecule has 102 valence electrons. The predicted octanol–water partition coefficient (Wildman–Crippen LogP) is 2.47. The molecule has 1 N–H and O–H groups in total. The van der Waals surface area contributed by atoms with Crippen molar-refractivity contribution in [2.75, 3.05) is 7.11 Å². The maximum atomic E-state index is 11.0. The summed E-state index contributed by atoms with van der Waals surface area (Å²) in [6.45, 7) is 6.50. The van der Waals surface area contributed by atoms with Gasteiger partial charge in [-0.15, -0.1) is 0 Å². The van der Waals surface area contributed by atoms with Gasteiger partial charge >= 0.3 is 5.97 Å². The van der Waals surface area contributed by atoms with Crippen molar-refractivity contribution in [3.05, 3.63) is 29.6 Å². The molecule has 0 bridgehead atoms. The number of aromatic carboxylic acids is 1. The summed E-state index contributed by atoms with van der Waals surface area (Å²) in [5.41, 5.74) is 1.55. The summed E-state index contributed by atoms with van der Waals surface area (Å²) in [7, 11) is 1.66. The Balaban J connectivity index is 2.56. The molecule has 0 fully saturated rings. The van der Waals surface area contributed by atoms with Crippen LogP contribution in [0.4, 0.5) is 0 Å². The minimum atomic E-state index is -0.932. The van der Waals surface area contributed by atoms with E-state index in [0.717, 1.165) is 16.9 Å². The van der Waals surface area contributed by atoms with Crippen molar-refractivity contribution in [3.63, 3.8) is 0 Å². The normalized spacial score (nSPS) is 12.0. The van der Waals surface area contributed by atoms with E-state index in [0.29, 0.717) is 6.54 Å². The smallest absolute Gasteiger partial charge is 0.335 e. The Bertz CT molecular complexity index is 629. The summed E-state index contributed by atoms with van der Waals surface area (Å²) in [5, 5.41) is 9.07. The predicted molar refractivity (Wildman–Crippen MR) is 72.5 cm³/mol. The van der Waals surface area contributed by atoms with E-state index in [1.54, 1.807) is 25.3 Å². The molecule has 0 unspecified atom stereocenters. The van der Waals surface area contributed by atoms with E-state index in [2.05, 4.69) is 4.98 Å². The molecule has 1 aromatic carbocycles. The zero-order valence-electron chi connectivity index (χ0n) is 11.6. The first-order valence-corrected chi connectivity index (χ1v) is 6.09. The number of ether oxygens (including phenoxy) is 1. The first-order chi connectivity index (χ1) is 8.84. The molecule has 2 aromatic rings. The number of hydrogen-bond donors (Lipinski definition) is 1. The van der Waals surface area contributed by atoms with Crippen LogP contribution in [0.2, 0.25) is 0 Å². The maximum absolute atomic E-state index is 11.0. The van der Waals surface area contributed by atoms with Gasteiger partial charge in [0.25, 0.3) is 0 Å². The molecule has 2 rings (SSSR count). The van der Waals surface area contributed by atoms with E-state index in [4.69, 9.17) is 9.84 Å². The van der Waals surface area contributed by atoms with Crippen LogP contribution in [-0.4, -0.2) is 33.3 Å². The van der Waals surface area contributed by atoms with E-state index in [-0.39, 0.29) is 11.2 Å². The molecule has 19 heavy (non-hydrogen) atoms. The Morgan fingerprint density at radius 1 is 1.47 bits per heavy atom. The van der Waals surface area contributed by atoms with Crippen molar-refractivity contribution in [3.8, 4) is 0 Å². The lowest BCUT2D eigenvalue weighted by molar-refractivity contribution is 0.00859. The number of hydrogen-bond acceptors (Lipinski definition) is 3. The standard InChI is InChI=1S/C14H18N2O3/c1-9-15-11-6-5-10(13(17)18)7-12(11)16(9)8-14(2,3)19-4/h5-7H,8H2,1-4H3,(H,17,18). The van der Waals surface area contributed by atoms with Crippen molar-refractivity contribution >= 4 is 17.0 Å². The second-order valence-corrected chi connectivity index (χ2v) is 5.22. The highest BCUT2D eigenvalue weighted by molar-refractivity contribution is 5.92. The molecule has 0 saturated heterocycles. The van der Waals surface area contributed by atoms with Crippen molar-refractivity contribution in [1.82, 2.24) is 9.55 Å². The number of carboxylic acid groups (broad SMARTS) is 1. The highest BCUT2D eigenvalue weighted by Crippen LogP contribution is 2.21. The Kier molecular flexibility index (Phi) is 3.32. The first kappa shape index (κ1) is 13.5. The second kappa shape index (κ2) is 4.66. The van der Waals surface area contributed by atoms with E-state index in [1.807, 2.05) is 25.3 Å². The van der Waals surface area contributed by atoms with Gasteiger partial charge in [0.1, 0.15) is 5.82 Å². The summed E-state index contributed by atoms with van der Waals surface area (Å²) in [4.78, 5) is 15.5. The van der Waals surface area contributed by atoms with Gasteiger partial charge in [0, 0.05) is 7.11 Å². The zero-order valence-corrected chi connectivity index (χ0v) is 11.6. The number of methoxy groups -OCH3 is 1. The zero-order chi connectivity index (χ0) is 14.2. The number of carbonyl (C=O) groups is 1. The minimum Gasteiger partial charge on any atom is -0.478 e. The molecule has 0 atom stereocenters. The topological polar surface area (TPSA) is 64.4 Å². The van der Waals surface area contributed by atoms with Gasteiger partial charge in [0.2, 0.25) is 0 Å². The van der Waals surface area contributed by atoms with Crippen molar-refractivity contribution in [1.29, 1.82) is 0 Å². The van der Waals surface area contributed by atoms with Crippen molar-refractivity contribution in [2.45, 2.75) is 32.9 Å². The van der Waals surface area contributed by atoms with Crippen LogP contribution in [-0.2, 0) is 11.3 Å². The van der Waals surface area contributed by atoms with Crippen LogP contribution in [0.15, 0.2) is 18.2 Å². The van der Waals surface area contributed by atoms with Crippen LogP contribution >= 0.6 is 0 Å². The Morgan fingerprint density at radius 3 is 2.74 bits per heavy atom. The van der Waals surface area contributed by atoms with Gasteiger partial charge in [-0.05, 0) is 39.0 Å². The average Bonchev–Trinajstić information content (AvgIpc) is 2.65. The number of carboxylic acids is 1. The lowest BCUT2D eigenvalue weighted by Gasteiger charge is -2.24. The Labute approximate surface area is 111 Å². The van der Waals surface area contributed by atoms with Crippen LogP contribution in [0.1, 0.15) is 30.0 Å². The highest BCUT2D eigenvalue weighted by atomic mass is 16.5. The maximum Gasteiger partial charge on any atom is 0.335 e. The van der Waals surface area contributed by atoms with Gasteiger partial charge < -0.3 is 14.4 Å². The molecular weight excluding hydrogens is 244 g/mol. The number of imidazole rings is 1. The summed E-state index contributed by atoms with van der Waals surface area (Å²) in [6.07, 6.45) is 0. The van der Waals surface area contributed by atoms with E-state index in [1.165, 1.54) is 0 Å². The molecule has 1 heterocycles. The molecule has 0 saturated carbocycles. The number of benzene rings is 1. The lowest BCUT2D eigenvalue weighted by atomic mass is 10.1. The van der Waals surface area contributed by atoms with Crippen molar-refractivity contribution in [2.24, 2.45) is 0 Å². The second-order valence-electron chi connectivity index (χ2n) is 5.22. The molecule has 0 radical (unpaired) electrons. The number of fused-ring (bicyclic) bond motifs is 1. The molecule has 5 nitrogen and oxygen atoms in total. The van der Waals surface area contributed by atoms with Gasteiger partial charge in [0.15, 0.2) is 0 Å². The van der Waals surface area contributed by atoms with Crippen LogP contribution in [0, 0.1) is 6.92 Å². The summed E-state index contributed by atoms with van der Waals surface area (Å²) in [6, 6.07) is 4.97. The van der Waals surface area contributed by atoms with E-state index < -0.39 is 5.97 Å². The molecule has 0 aliphatic carbocycles. The van der Waals surface area contributed by atoms with Gasteiger partial charge in [-0.3, -0.25) is 0 Å². The number of nitrogens with zero attached hydrogens (tertiary/aromatic N) is 2. The molecule has 0 aliphatic rings. The van der Waals surface area contributed by atoms with Gasteiger partial charge in [-0.1, -0.05) is 0 Å². The number of rotatable bonds is 4. The third-order valence-electron chi connectivity index (χ3n) is 3.28. The molecule has 1 aromatic heterocycles. The van der Waals surface area contributed by atoms with Gasteiger partial charge in [0.05, 0.1) is 28.7 Å². The fourth-order valence-corrected chi connectivity index (χ4v) is 2.02. The monoisotopic (exact) mass is 262 g/mol. The third-order valence-corrected chi connectivity index (χ3v) is 3.28. The van der Waals surface area contributed by atoms with Gasteiger partial charge in [-0.25, -0.2) is 9.78 Å². The molecule has 0 aliphatic heterocycles. The van der Waals surface area contributed by atoms with Crippen LogP contribution < -0.4 is 0 Å². The molecular formula is C14H18N2O3. The molecule has 0 amide bonds. The van der Waals surface area contributed by atoms with Crippen LogP contribution in [0.5, 0.6) is 0 Å². The van der Waals surface area contributed by atoms with Crippen molar-refractivity contribution < 1.29 is 14.6 Å². The summed E-state index contributed by atoms with van der Waals surface area (Å²) >= 11 is 0. The van der Waals surface area contributed by atoms with Crippen LogP contribution in [0.3, 0.4) is 0 Å².